The van der Waals surface area contributed by atoms with Gasteiger partial charge in [-0.05, 0) is 44.0 Å². The van der Waals surface area contributed by atoms with Crippen LogP contribution in [0.2, 0.25) is 0 Å². The fourth-order valence-corrected chi connectivity index (χ4v) is 3.70. The highest BCUT2D eigenvalue weighted by Gasteiger charge is 2.21. The van der Waals surface area contributed by atoms with E-state index in [0.717, 1.165) is 35.6 Å². The number of ether oxygens (including phenoxy) is 1. The summed E-state index contributed by atoms with van der Waals surface area (Å²) in [6, 6.07) is 7.46. The smallest absolute Gasteiger partial charge is 0.350 e. The SMILES string of the molecule is CCOC(=O)c1sc(NC(=O)/C=C/c2ccc(N3CCCC3=O)cc2)nc1C. The molecular weight excluding hydrogens is 378 g/mol. The number of nitrogens with one attached hydrogen (secondary N) is 1. The van der Waals surface area contributed by atoms with Crippen LogP contribution < -0.4 is 10.2 Å². The summed E-state index contributed by atoms with van der Waals surface area (Å²) in [4.78, 5) is 42.1. The first-order chi connectivity index (χ1) is 13.5. The fraction of sp³-hybridized carbons (Fsp3) is 0.300. The Morgan fingerprint density at radius 2 is 2.07 bits per heavy atom. The summed E-state index contributed by atoms with van der Waals surface area (Å²) in [5, 5.41) is 3.00. The third-order valence-corrected chi connectivity index (χ3v) is 5.25. The number of anilines is 2. The zero-order valence-electron chi connectivity index (χ0n) is 15.7. The largest absolute Gasteiger partial charge is 0.462 e. The number of amides is 2. The van der Waals surface area contributed by atoms with Gasteiger partial charge in [0.15, 0.2) is 5.13 Å². The molecule has 0 atom stereocenters. The minimum atomic E-state index is -0.440. The molecule has 2 aromatic rings. The highest BCUT2D eigenvalue weighted by atomic mass is 32.1. The van der Waals surface area contributed by atoms with Gasteiger partial charge in [0.25, 0.3) is 0 Å². The van der Waals surface area contributed by atoms with Gasteiger partial charge in [0.05, 0.1) is 12.3 Å². The summed E-state index contributed by atoms with van der Waals surface area (Å²) in [6.07, 6.45) is 4.55. The minimum Gasteiger partial charge on any atom is -0.462 e. The average molecular weight is 399 g/mol. The van der Waals surface area contributed by atoms with Gasteiger partial charge >= 0.3 is 5.97 Å². The van der Waals surface area contributed by atoms with E-state index in [1.165, 1.54) is 6.08 Å². The topological polar surface area (TPSA) is 88.6 Å². The van der Waals surface area contributed by atoms with Crippen LogP contribution in [0.4, 0.5) is 10.8 Å². The van der Waals surface area contributed by atoms with Crippen molar-refractivity contribution < 1.29 is 19.1 Å². The molecule has 2 heterocycles. The molecule has 28 heavy (non-hydrogen) atoms. The Morgan fingerprint density at radius 3 is 2.71 bits per heavy atom. The summed E-state index contributed by atoms with van der Waals surface area (Å²) in [5.41, 5.74) is 2.23. The van der Waals surface area contributed by atoms with E-state index in [9.17, 15) is 14.4 Å². The lowest BCUT2D eigenvalue weighted by Crippen LogP contribution is -2.23. The van der Waals surface area contributed by atoms with Gasteiger partial charge < -0.3 is 9.64 Å². The summed E-state index contributed by atoms with van der Waals surface area (Å²) < 4.78 is 4.97. The van der Waals surface area contributed by atoms with E-state index in [0.29, 0.717) is 22.1 Å². The van der Waals surface area contributed by atoms with Crippen molar-refractivity contribution in [3.8, 4) is 0 Å². The zero-order chi connectivity index (χ0) is 20.1. The molecule has 1 saturated heterocycles. The molecule has 1 aliphatic heterocycles. The van der Waals surface area contributed by atoms with Crippen LogP contribution in [-0.2, 0) is 14.3 Å². The quantitative estimate of drug-likeness (QED) is 0.594. The Morgan fingerprint density at radius 1 is 1.32 bits per heavy atom. The molecular formula is C20H21N3O4S. The first-order valence-corrected chi connectivity index (χ1v) is 9.83. The molecule has 0 saturated carbocycles. The summed E-state index contributed by atoms with van der Waals surface area (Å²) >= 11 is 1.08. The van der Waals surface area contributed by atoms with Gasteiger partial charge in [-0.1, -0.05) is 23.5 Å². The number of hydrogen-bond acceptors (Lipinski definition) is 6. The predicted octanol–water partition coefficient (Wildman–Crippen LogP) is 3.41. The van der Waals surface area contributed by atoms with E-state index in [-0.39, 0.29) is 18.4 Å². The molecule has 1 fully saturated rings. The summed E-state index contributed by atoms with van der Waals surface area (Å²) in [7, 11) is 0. The number of hydrogen-bond donors (Lipinski definition) is 1. The molecule has 0 radical (unpaired) electrons. The minimum absolute atomic E-state index is 0.142. The van der Waals surface area contributed by atoms with Crippen molar-refractivity contribution in [3.05, 3.63) is 46.5 Å². The van der Waals surface area contributed by atoms with Crippen LogP contribution in [0.25, 0.3) is 6.08 Å². The lowest BCUT2D eigenvalue weighted by molar-refractivity contribution is -0.117. The van der Waals surface area contributed by atoms with Gasteiger partial charge in [0.2, 0.25) is 11.8 Å². The van der Waals surface area contributed by atoms with Crippen LogP contribution >= 0.6 is 11.3 Å². The number of aromatic nitrogens is 1. The molecule has 0 unspecified atom stereocenters. The maximum absolute atomic E-state index is 12.1. The first-order valence-electron chi connectivity index (χ1n) is 9.02. The summed E-state index contributed by atoms with van der Waals surface area (Å²) in [6.45, 7) is 4.46. The van der Waals surface area contributed by atoms with Gasteiger partial charge in [-0.15, -0.1) is 0 Å². The Labute approximate surface area is 167 Å². The fourth-order valence-electron chi connectivity index (χ4n) is 2.84. The number of thiazole rings is 1. The number of aryl methyl sites for hydroxylation is 1. The van der Waals surface area contributed by atoms with Crippen LogP contribution in [0.5, 0.6) is 0 Å². The Kier molecular flexibility index (Phi) is 6.20. The van der Waals surface area contributed by atoms with Crippen LogP contribution in [-0.4, -0.2) is 35.9 Å². The molecule has 1 aliphatic rings. The number of esters is 1. The Hall–Kier alpha value is -3.00. The van der Waals surface area contributed by atoms with Gasteiger partial charge in [-0.25, -0.2) is 9.78 Å². The molecule has 7 nitrogen and oxygen atoms in total. The van der Waals surface area contributed by atoms with Crippen molar-refractivity contribution in [1.82, 2.24) is 4.98 Å². The molecule has 8 heteroatoms. The Bertz CT molecular complexity index is 918. The Balaban J connectivity index is 1.60. The lowest BCUT2D eigenvalue weighted by Gasteiger charge is -2.15. The number of nitrogens with zero attached hydrogens (tertiary/aromatic N) is 2. The third kappa shape index (κ3) is 4.64. The van der Waals surface area contributed by atoms with Gasteiger partial charge in [0.1, 0.15) is 4.88 Å². The van der Waals surface area contributed by atoms with E-state index in [2.05, 4.69) is 10.3 Å². The average Bonchev–Trinajstić information content (AvgIpc) is 3.26. The van der Waals surface area contributed by atoms with Crippen molar-refractivity contribution in [3.63, 3.8) is 0 Å². The number of rotatable bonds is 6. The molecule has 1 aromatic carbocycles. The summed E-state index contributed by atoms with van der Waals surface area (Å²) in [5.74, 6) is -0.642. The molecule has 146 valence electrons. The van der Waals surface area contributed by atoms with Crippen molar-refractivity contribution in [2.45, 2.75) is 26.7 Å². The van der Waals surface area contributed by atoms with Crippen LogP contribution in [0.15, 0.2) is 30.3 Å². The number of carbonyl (C=O) groups is 3. The van der Waals surface area contributed by atoms with Crippen molar-refractivity contribution in [1.29, 1.82) is 0 Å². The third-order valence-electron chi connectivity index (χ3n) is 4.19. The lowest BCUT2D eigenvalue weighted by atomic mass is 10.2. The highest BCUT2D eigenvalue weighted by molar-refractivity contribution is 7.17. The molecule has 3 rings (SSSR count). The molecule has 1 aromatic heterocycles. The second-order valence-electron chi connectivity index (χ2n) is 6.22. The van der Waals surface area contributed by atoms with Crippen molar-refractivity contribution >= 4 is 46.0 Å². The van der Waals surface area contributed by atoms with Crippen LogP contribution in [0.1, 0.15) is 40.7 Å². The van der Waals surface area contributed by atoms with Crippen LogP contribution in [0.3, 0.4) is 0 Å². The van der Waals surface area contributed by atoms with E-state index < -0.39 is 5.97 Å². The maximum atomic E-state index is 12.1. The predicted molar refractivity (Wildman–Crippen MR) is 109 cm³/mol. The standard InChI is InChI=1S/C20H21N3O4S/c1-3-27-19(26)18-13(2)21-20(28-18)22-16(24)11-8-14-6-9-15(10-7-14)23-12-4-5-17(23)25/h6-11H,3-5,12H2,1-2H3,(H,21,22,24)/b11-8+. The molecule has 2 amide bonds. The van der Waals surface area contributed by atoms with Gasteiger partial charge in [0, 0.05) is 24.7 Å². The van der Waals surface area contributed by atoms with E-state index >= 15 is 0 Å². The number of carbonyl (C=O) groups excluding carboxylic acids is 3. The molecule has 0 spiro atoms. The van der Waals surface area contributed by atoms with E-state index in [1.54, 1.807) is 24.8 Å². The number of benzene rings is 1. The van der Waals surface area contributed by atoms with Gasteiger partial charge in [-0.3, -0.25) is 14.9 Å². The maximum Gasteiger partial charge on any atom is 0.350 e. The highest BCUT2D eigenvalue weighted by Crippen LogP contribution is 2.24. The van der Waals surface area contributed by atoms with Gasteiger partial charge in [-0.2, -0.15) is 0 Å². The first kappa shape index (κ1) is 19.8. The van der Waals surface area contributed by atoms with Crippen molar-refractivity contribution in [2.75, 3.05) is 23.4 Å². The molecule has 0 aliphatic carbocycles. The second-order valence-corrected chi connectivity index (χ2v) is 7.22. The molecule has 1 N–H and O–H groups in total. The molecule has 0 bridgehead atoms. The van der Waals surface area contributed by atoms with Crippen molar-refractivity contribution in [2.24, 2.45) is 0 Å². The second kappa shape index (κ2) is 8.79. The van der Waals surface area contributed by atoms with Crippen LogP contribution in [0, 0.1) is 6.92 Å². The monoisotopic (exact) mass is 399 g/mol. The zero-order valence-corrected chi connectivity index (χ0v) is 16.5. The van der Waals surface area contributed by atoms with E-state index in [4.69, 9.17) is 4.74 Å². The van der Waals surface area contributed by atoms with E-state index in [1.807, 2.05) is 24.3 Å². The normalized spacial score (nSPS) is 13.9.